The van der Waals surface area contributed by atoms with E-state index in [-0.39, 0.29) is 0 Å². The highest BCUT2D eigenvalue weighted by Crippen LogP contribution is 2.22. The van der Waals surface area contributed by atoms with E-state index in [1.807, 2.05) is 31.2 Å². The summed E-state index contributed by atoms with van der Waals surface area (Å²) in [5, 5.41) is 1.23. The van der Waals surface area contributed by atoms with Gasteiger partial charge in [0.25, 0.3) is 0 Å². The molecule has 126 valence electrons. The SMILES string of the molecule is CCOc1ccc2c(ccn2CCCCOc2ccccc2C)c1. The summed E-state index contributed by atoms with van der Waals surface area (Å²) < 4.78 is 13.7. The van der Waals surface area contributed by atoms with Crippen molar-refractivity contribution in [1.82, 2.24) is 4.57 Å². The molecule has 0 fully saturated rings. The van der Waals surface area contributed by atoms with Crippen LogP contribution >= 0.6 is 0 Å². The minimum absolute atomic E-state index is 0.701. The van der Waals surface area contributed by atoms with Gasteiger partial charge in [-0.3, -0.25) is 0 Å². The molecule has 0 aliphatic carbocycles. The molecule has 2 aromatic carbocycles. The fourth-order valence-corrected chi connectivity index (χ4v) is 2.91. The minimum atomic E-state index is 0.701. The second kappa shape index (κ2) is 7.91. The van der Waals surface area contributed by atoms with Crippen molar-refractivity contribution < 1.29 is 9.47 Å². The Labute approximate surface area is 143 Å². The van der Waals surface area contributed by atoms with Gasteiger partial charge >= 0.3 is 0 Å². The zero-order chi connectivity index (χ0) is 16.8. The molecule has 3 rings (SSSR count). The second-order valence-electron chi connectivity index (χ2n) is 5.98. The largest absolute Gasteiger partial charge is 0.494 e. The Hall–Kier alpha value is -2.42. The van der Waals surface area contributed by atoms with Crippen LogP contribution in [0.2, 0.25) is 0 Å². The zero-order valence-electron chi connectivity index (χ0n) is 14.5. The number of aryl methyl sites for hydroxylation is 2. The summed E-state index contributed by atoms with van der Waals surface area (Å²) in [6.45, 7) is 6.56. The predicted molar refractivity (Wildman–Crippen MR) is 99.0 cm³/mol. The van der Waals surface area contributed by atoms with Crippen molar-refractivity contribution in [2.45, 2.75) is 33.2 Å². The van der Waals surface area contributed by atoms with E-state index in [4.69, 9.17) is 9.47 Å². The molecule has 0 bridgehead atoms. The van der Waals surface area contributed by atoms with Crippen molar-refractivity contribution in [2.24, 2.45) is 0 Å². The maximum absolute atomic E-state index is 5.86. The van der Waals surface area contributed by atoms with E-state index < -0.39 is 0 Å². The van der Waals surface area contributed by atoms with Crippen LogP contribution in [-0.2, 0) is 6.54 Å². The molecule has 0 aliphatic heterocycles. The van der Waals surface area contributed by atoms with Crippen LogP contribution in [0.15, 0.2) is 54.7 Å². The molecular formula is C21H25NO2. The smallest absolute Gasteiger partial charge is 0.122 e. The lowest BCUT2D eigenvalue weighted by Crippen LogP contribution is -2.02. The van der Waals surface area contributed by atoms with E-state index in [9.17, 15) is 0 Å². The van der Waals surface area contributed by atoms with Crippen LogP contribution in [0.1, 0.15) is 25.3 Å². The normalized spacial score (nSPS) is 10.9. The van der Waals surface area contributed by atoms with Gasteiger partial charge in [-0.15, -0.1) is 0 Å². The third-order valence-corrected chi connectivity index (χ3v) is 4.20. The highest BCUT2D eigenvalue weighted by atomic mass is 16.5. The van der Waals surface area contributed by atoms with Crippen LogP contribution in [0, 0.1) is 6.92 Å². The first-order valence-electron chi connectivity index (χ1n) is 8.68. The number of para-hydroxylation sites is 1. The fourth-order valence-electron chi connectivity index (χ4n) is 2.91. The first kappa shape index (κ1) is 16.4. The fraction of sp³-hybridized carbons (Fsp3) is 0.333. The van der Waals surface area contributed by atoms with Gasteiger partial charge in [0.1, 0.15) is 11.5 Å². The van der Waals surface area contributed by atoms with Crippen LogP contribution in [-0.4, -0.2) is 17.8 Å². The average molecular weight is 323 g/mol. The Morgan fingerprint density at radius 3 is 2.67 bits per heavy atom. The van der Waals surface area contributed by atoms with Gasteiger partial charge in [-0.05, 0) is 62.6 Å². The lowest BCUT2D eigenvalue weighted by atomic mass is 10.2. The molecule has 3 aromatic rings. The molecule has 0 radical (unpaired) electrons. The van der Waals surface area contributed by atoms with Crippen LogP contribution in [0.4, 0.5) is 0 Å². The summed E-state index contributed by atoms with van der Waals surface area (Å²) in [4.78, 5) is 0. The number of hydrogen-bond donors (Lipinski definition) is 0. The molecule has 1 aromatic heterocycles. The van der Waals surface area contributed by atoms with Gasteiger partial charge in [0.15, 0.2) is 0 Å². The summed E-state index contributed by atoms with van der Waals surface area (Å²) in [7, 11) is 0. The summed E-state index contributed by atoms with van der Waals surface area (Å²) in [6, 6.07) is 16.6. The molecular weight excluding hydrogens is 298 g/mol. The third-order valence-electron chi connectivity index (χ3n) is 4.20. The number of fused-ring (bicyclic) bond motifs is 1. The standard InChI is InChI=1S/C21H25NO2/c1-3-23-19-10-11-20-18(16-19)12-14-22(20)13-6-7-15-24-21-9-5-4-8-17(21)2/h4-5,8-12,14,16H,3,6-7,13,15H2,1-2H3. The van der Waals surface area contributed by atoms with Crippen LogP contribution < -0.4 is 9.47 Å². The molecule has 0 atom stereocenters. The van der Waals surface area contributed by atoms with Gasteiger partial charge in [0, 0.05) is 23.6 Å². The molecule has 3 nitrogen and oxygen atoms in total. The number of benzene rings is 2. The first-order chi connectivity index (χ1) is 11.8. The van der Waals surface area contributed by atoms with E-state index in [0.29, 0.717) is 6.61 Å². The van der Waals surface area contributed by atoms with Gasteiger partial charge in [0.2, 0.25) is 0 Å². The number of nitrogens with zero attached hydrogens (tertiary/aromatic N) is 1. The van der Waals surface area contributed by atoms with Gasteiger partial charge in [0.05, 0.1) is 13.2 Å². The van der Waals surface area contributed by atoms with Crippen LogP contribution in [0.5, 0.6) is 11.5 Å². The highest BCUT2D eigenvalue weighted by molar-refractivity contribution is 5.81. The summed E-state index contributed by atoms with van der Waals surface area (Å²) in [5.74, 6) is 1.93. The Kier molecular flexibility index (Phi) is 5.42. The highest BCUT2D eigenvalue weighted by Gasteiger charge is 2.03. The van der Waals surface area contributed by atoms with Crippen molar-refractivity contribution >= 4 is 10.9 Å². The number of rotatable bonds is 8. The van der Waals surface area contributed by atoms with E-state index in [0.717, 1.165) is 37.5 Å². The molecule has 0 saturated carbocycles. The lowest BCUT2D eigenvalue weighted by molar-refractivity contribution is 0.301. The molecule has 3 heteroatoms. The van der Waals surface area contributed by atoms with E-state index in [1.54, 1.807) is 0 Å². The zero-order valence-corrected chi connectivity index (χ0v) is 14.5. The monoisotopic (exact) mass is 323 g/mol. The Bertz CT molecular complexity index is 791. The van der Waals surface area contributed by atoms with Gasteiger partial charge in [-0.25, -0.2) is 0 Å². The number of unbranched alkanes of at least 4 members (excludes halogenated alkanes) is 1. The minimum Gasteiger partial charge on any atom is -0.494 e. The molecule has 0 N–H and O–H groups in total. The Morgan fingerprint density at radius 1 is 0.958 bits per heavy atom. The Balaban J connectivity index is 1.50. The van der Waals surface area contributed by atoms with Gasteiger partial charge in [-0.2, -0.15) is 0 Å². The van der Waals surface area contributed by atoms with Crippen LogP contribution in [0.25, 0.3) is 10.9 Å². The van der Waals surface area contributed by atoms with E-state index >= 15 is 0 Å². The molecule has 1 heterocycles. The second-order valence-corrected chi connectivity index (χ2v) is 5.98. The summed E-state index contributed by atoms with van der Waals surface area (Å²) >= 11 is 0. The predicted octanol–water partition coefficient (Wildman–Crippen LogP) is 5.21. The number of hydrogen-bond acceptors (Lipinski definition) is 2. The van der Waals surface area contributed by atoms with Crippen LogP contribution in [0.3, 0.4) is 0 Å². The van der Waals surface area contributed by atoms with Gasteiger partial charge in [-0.1, -0.05) is 18.2 Å². The lowest BCUT2D eigenvalue weighted by Gasteiger charge is -2.10. The topological polar surface area (TPSA) is 23.4 Å². The molecule has 0 unspecified atom stereocenters. The Morgan fingerprint density at radius 2 is 1.83 bits per heavy atom. The molecule has 0 amide bonds. The van der Waals surface area contributed by atoms with Crippen molar-refractivity contribution in [1.29, 1.82) is 0 Å². The number of aromatic nitrogens is 1. The molecule has 24 heavy (non-hydrogen) atoms. The van der Waals surface area contributed by atoms with E-state index in [1.165, 1.54) is 16.5 Å². The van der Waals surface area contributed by atoms with Gasteiger partial charge < -0.3 is 14.0 Å². The maximum atomic E-state index is 5.86. The maximum Gasteiger partial charge on any atom is 0.122 e. The third kappa shape index (κ3) is 3.91. The average Bonchev–Trinajstić information content (AvgIpc) is 2.99. The summed E-state index contributed by atoms with van der Waals surface area (Å²) in [5.41, 5.74) is 2.46. The number of ether oxygens (including phenoxy) is 2. The van der Waals surface area contributed by atoms with Crippen molar-refractivity contribution in [3.8, 4) is 11.5 Å². The molecule has 0 spiro atoms. The summed E-state index contributed by atoms with van der Waals surface area (Å²) in [6.07, 6.45) is 4.30. The van der Waals surface area contributed by atoms with Crippen molar-refractivity contribution in [3.05, 3.63) is 60.3 Å². The molecule has 0 saturated heterocycles. The van der Waals surface area contributed by atoms with Crippen molar-refractivity contribution in [2.75, 3.05) is 13.2 Å². The molecule has 0 aliphatic rings. The first-order valence-corrected chi connectivity index (χ1v) is 8.68. The quantitative estimate of drug-likeness (QED) is 0.531. The van der Waals surface area contributed by atoms with E-state index in [2.05, 4.69) is 42.0 Å². The van der Waals surface area contributed by atoms with Crippen molar-refractivity contribution in [3.63, 3.8) is 0 Å².